The highest BCUT2D eigenvalue weighted by molar-refractivity contribution is 14.1. The summed E-state index contributed by atoms with van der Waals surface area (Å²) in [4.78, 5) is 25.8. The number of carbonyl (C=O) groups is 2. The van der Waals surface area contributed by atoms with Crippen LogP contribution in [0.25, 0.3) is 11.6 Å². The van der Waals surface area contributed by atoms with Crippen LogP contribution in [0.3, 0.4) is 0 Å². The summed E-state index contributed by atoms with van der Waals surface area (Å²) in [6.45, 7) is 0. The van der Waals surface area contributed by atoms with Gasteiger partial charge >= 0.3 is 5.97 Å². The highest BCUT2D eigenvalue weighted by atomic mass is 127. The Hall–Kier alpha value is -3.07. The summed E-state index contributed by atoms with van der Waals surface area (Å²) in [5, 5.41) is 9.08. The van der Waals surface area contributed by atoms with E-state index >= 15 is 0 Å². The summed E-state index contributed by atoms with van der Waals surface area (Å²) in [5.41, 5.74) is 1.56. The van der Waals surface area contributed by atoms with Crippen molar-refractivity contribution in [1.29, 1.82) is 0 Å². The van der Waals surface area contributed by atoms with Gasteiger partial charge in [-0.3, -0.25) is 9.69 Å². The number of carbonyl (C=O) groups excluding carboxylic acids is 1. The summed E-state index contributed by atoms with van der Waals surface area (Å²) in [7, 11) is 0. The fourth-order valence-corrected chi connectivity index (χ4v) is 4.01. The van der Waals surface area contributed by atoms with Crippen LogP contribution in [-0.4, -0.2) is 17.0 Å². The lowest BCUT2D eigenvalue weighted by Gasteiger charge is -2.17. The third-order valence-electron chi connectivity index (χ3n) is 4.60. The fourth-order valence-electron chi connectivity index (χ4n) is 3.24. The molecule has 0 radical (unpaired) electrons. The molecule has 0 aromatic heterocycles. The monoisotopic (exact) mass is 503 g/mol. The molecule has 3 aromatic carbocycles. The predicted molar refractivity (Wildman–Crippen MR) is 114 cm³/mol. The van der Waals surface area contributed by atoms with Crippen LogP contribution < -0.4 is 4.90 Å². The van der Waals surface area contributed by atoms with Gasteiger partial charge in [0.05, 0.1) is 16.8 Å². The van der Waals surface area contributed by atoms with E-state index in [1.165, 1.54) is 41.3 Å². The Morgan fingerprint density at radius 1 is 0.966 bits per heavy atom. The van der Waals surface area contributed by atoms with Crippen molar-refractivity contribution in [2.24, 2.45) is 0 Å². The van der Waals surface area contributed by atoms with Gasteiger partial charge in [-0.25, -0.2) is 13.6 Å². The number of hydrogen-bond donors (Lipinski definition) is 1. The van der Waals surface area contributed by atoms with Gasteiger partial charge in [-0.2, -0.15) is 0 Å². The molecule has 0 bridgehead atoms. The van der Waals surface area contributed by atoms with Gasteiger partial charge in [0.2, 0.25) is 0 Å². The molecule has 29 heavy (non-hydrogen) atoms. The van der Waals surface area contributed by atoms with Crippen LogP contribution in [0.4, 0.5) is 20.2 Å². The Bertz CT molecular complexity index is 1170. The Labute approximate surface area is 178 Å². The molecular weight excluding hydrogens is 491 g/mol. The van der Waals surface area contributed by atoms with Gasteiger partial charge in [0.1, 0.15) is 11.6 Å². The molecule has 1 amide bonds. The van der Waals surface area contributed by atoms with Crippen LogP contribution >= 0.6 is 22.6 Å². The van der Waals surface area contributed by atoms with Crippen molar-refractivity contribution in [3.8, 4) is 0 Å². The molecule has 4 nitrogen and oxygen atoms in total. The van der Waals surface area contributed by atoms with Crippen LogP contribution in [0.5, 0.6) is 0 Å². The van der Waals surface area contributed by atoms with E-state index in [0.717, 1.165) is 15.7 Å². The quantitative estimate of drug-likeness (QED) is 0.380. The van der Waals surface area contributed by atoms with E-state index in [-0.39, 0.29) is 16.7 Å². The first kappa shape index (κ1) is 19.3. The first-order valence-electron chi connectivity index (χ1n) is 8.51. The molecule has 0 unspecified atom stereocenters. The molecule has 0 saturated heterocycles. The standard InChI is InChI=1S/C22H12F2INO3/c23-16-3-1-4-17(24)14(16)11-15-20-18(25)5-2-6-19(20)26(21(15)27)13-9-7-12(8-10-13)22(28)29/h1-11H,(H,28,29)/b15-11+. The zero-order valence-electron chi connectivity index (χ0n) is 14.7. The maximum absolute atomic E-state index is 14.2. The second-order valence-electron chi connectivity index (χ2n) is 6.32. The molecule has 1 heterocycles. The number of fused-ring (bicyclic) bond motifs is 1. The zero-order chi connectivity index (χ0) is 20.7. The second-order valence-corrected chi connectivity index (χ2v) is 7.48. The SMILES string of the molecule is O=C(O)c1ccc(N2C(=O)/C(=C/c3c(F)cccc3F)c3c(I)cccc32)cc1. The van der Waals surface area contributed by atoms with E-state index in [4.69, 9.17) is 5.11 Å². The second kappa shape index (κ2) is 7.40. The average Bonchev–Trinajstić information content (AvgIpc) is 2.97. The first-order valence-corrected chi connectivity index (χ1v) is 9.59. The zero-order valence-corrected chi connectivity index (χ0v) is 16.9. The maximum Gasteiger partial charge on any atom is 0.335 e. The normalized spacial score (nSPS) is 14.4. The van der Waals surface area contributed by atoms with E-state index < -0.39 is 23.5 Å². The number of rotatable bonds is 3. The molecule has 0 fully saturated rings. The van der Waals surface area contributed by atoms with E-state index in [0.29, 0.717) is 16.9 Å². The van der Waals surface area contributed by atoms with E-state index in [2.05, 4.69) is 22.6 Å². The molecule has 0 saturated carbocycles. The Balaban J connectivity index is 1.89. The summed E-state index contributed by atoms with van der Waals surface area (Å²) in [6.07, 6.45) is 1.22. The predicted octanol–water partition coefficient (Wildman–Crippen LogP) is 5.49. The lowest BCUT2D eigenvalue weighted by molar-refractivity contribution is -0.112. The van der Waals surface area contributed by atoms with Gasteiger partial charge in [-0.15, -0.1) is 0 Å². The summed E-state index contributed by atoms with van der Waals surface area (Å²) < 4.78 is 29.1. The van der Waals surface area contributed by atoms with Crippen molar-refractivity contribution in [2.75, 3.05) is 4.90 Å². The number of carboxylic acids is 1. The first-order chi connectivity index (χ1) is 13.9. The number of hydrogen-bond acceptors (Lipinski definition) is 2. The number of amides is 1. The molecule has 3 aromatic rings. The van der Waals surface area contributed by atoms with Crippen molar-refractivity contribution in [3.05, 3.63) is 92.6 Å². The van der Waals surface area contributed by atoms with Crippen LogP contribution in [-0.2, 0) is 4.79 Å². The molecule has 0 aliphatic carbocycles. The molecule has 0 spiro atoms. The smallest absolute Gasteiger partial charge is 0.335 e. The summed E-state index contributed by atoms with van der Waals surface area (Å²) in [6, 6.07) is 14.7. The van der Waals surface area contributed by atoms with Crippen molar-refractivity contribution >= 4 is 57.5 Å². The lowest BCUT2D eigenvalue weighted by atomic mass is 10.0. The number of aromatic carboxylic acids is 1. The number of anilines is 2. The Morgan fingerprint density at radius 3 is 2.21 bits per heavy atom. The number of halogens is 3. The minimum absolute atomic E-state index is 0.0902. The van der Waals surface area contributed by atoms with E-state index in [1.807, 2.05) is 0 Å². The van der Waals surface area contributed by atoms with Gasteiger partial charge in [0.15, 0.2) is 0 Å². The Kier molecular flexibility index (Phi) is 4.91. The van der Waals surface area contributed by atoms with Crippen molar-refractivity contribution in [1.82, 2.24) is 0 Å². The van der Waals surface area contributed by atoms with Crippen molar-refractivity contribution in [2.45, 2.75) is 0 Å². The van der Waals surface area contributed by atoms with Crippen molar-refractivity contribution in [3.63, 3.8) is 0 Å². The van der Waals surface area contributed by atoms with Crippen LogP contribution in [0.1, 0.15) is 21.5 Å². The minimum atomic E-state index is -1.07. The molecule has 4 rings (SSSR count). The molecule has 1 aliphatic heterocycles. The molecule has 1 aliphatic rings. The topological polar surface area (TPSA) is 57.6 Å². The van der Waals surface area contributed by atoms with Crippen molar-refractivity contribution < 1.29 is 23.5 Å². The van der Waals surface area contributed by atoms with Crippen LogP contribution in [0.15, 0.2) is 60.7 Å². The highest BCUT2D eigenvalue weighted by Gasteiger charge is 2.35. The molecule has 7 heteroatoms. The molecular formula is C22H12F2INO3. The summed E-state index contributed by atoms with van der Waals surface area (Å²) in [5.74, 6) is -3.05. The molecule has 1 N–H and O–H groups in total. The van der Waals surface area contributed by atoms with Crippen LogP contribution in [0.2, 0.25) is 0 Å². The highest BCUT2D eigenvalue weighted by Crippen LogP contribution is 2.44. The lowest BCUT2D eigenvalue weighted by Crippen LogP contribution is -2.20. The number of benzene rings is 3. The fraction of sp³-hybridized carbons (Fsp3) is 0. The third kappa shape index (κ3) is 3.31. The van der Waals surface area contributed by atoms with Gasteiger partial charge in [0.25, 0.3) is 5.91 Å². The number of carboxylic acid groups (broad SMARTS) is 1. The average molecular weight is 503 g/mol. The molecule has 0 atom stereocenters. The number of nitrogens with zero attached hydrogens (tertiary/aromatic N) is 1. The van der Waals surface area contributed by atoms with Gasteiger partial charge in [-0.1, -0.05) is 12.1 Å². The maximum atomic E-state index is 14.2. The van der Waals surface area contributed by atoms with E-state index in [1.54, 1.807) is 18.2 Å². The van der Waals surface area contributed by atoms with E-state index in [9.17, 15) is 18.4 Å². The van der Waals surface area contributed by atoms with Gasteiger partial charge < -0.3 is 5.11 Å². The minimum Gasteiger partial charge on any atom is -0.478 e. The van der Waals surface area contributed by atoms with Crippen LogP contribution in [0, 0.1) is 15.2 Å². The molecule has 144 valence electrons. The van der Waals surface area contributed by atoms with Gasteiger partial charge in [-0.05, 0) is 77.2 Å². The largest absolute Gasteiger partial charge is 0.478 e. The van der Waals surface area contributed by atoms with Gasteiger partial charge in [0, 0.05) is 20.4 Å². The Morgan fingerprint density at radius 2 is 1.59 bits per heavy atom. The summed E-state index contributed by atoms with van der Waals surface area (Å²) >= 11 is 2.07. The third-order valence-corrected chi connectivity index (χ3v) is 5.50.